The molecule has 0 aromatic carbocycles. The summed E-state index contributed by atoms with van der Waals surface area (Å²) in [5.41, 5.74) is 0.623. The maximum atomic E-state index is 8.71. The molecular formula is C7H12INO. The lowest BCUT2D eigenvalue weighted by molar-refractivity contribution is 0.422. The van der Waals surface area contributed by atoms with Gasteiger partial charge in [0.2, 0.25) is 0 Å². The Morgan fingerprint density at radius 3 is 2.10 bits per heavy atom. The van der Waals surface area contributed by atoms with Crippen molar-refractivity contribution in [2.75, 3.05) is 0 Å². The molecule has 0 spiro atoms. The van der Waals surface area contributed by atoms with Crippen LogP contribution in [0, 0.1) is 5.41 Å². The van der Waals surface area contributed by atoms with E-state index in [0.29, 0.717) is 5.70 Å². The smallest absolute Gasteiger partial charge is 0.101 e. The van der Waals surface area contributed by atoms with Crippen LogP contribution in [0.4, 0.5) is 0 Å². The molecule has 0 atom stereocenters. The van der Waals surface area contributed by atoms with Crippen molar-refractivity contribution >= 4 is 26.8 Å². The first-order valence-corrected chi connectivity index (χ1v) is 4.24. The van der Waals surface area contributed by atoms with Gasteiger partial charge in [0, 0.05) is 5.41 Å². The van der Waals surface area contributed by atoms with Crippen molar-refractivity contribution < 1.29 is 5.11 Å². The Morgan fingerprint density at radius 1 is 1.50 bits per heavy atom. The molecule has 0 heterocycles. The number of aliphatic imine (C=N–C) groups is 1. The van der Waals surface area contributed by atoms with Crippen LogP contribution in [-0.2, 0) is 0 Å². The van der Waals surface area contributed by atoms with Crippen LogP contribution in [0.1, 0.15) is 20.8 Å². The van der Waals surface area contributed by atoms with E-state index >= 15 is 0 Å². The number of aliphatic hydroxyl groups is 1. The predicted molar refractivity (Wildman–Crippen MR) is 52.7 cm³/mol. The highest BCUT2D eigenvalue weighted by atomic mass is 127. The molecule has 0 fully saturated rings. The van der Waals surface area contributed by atoms with Crippen molar-refractivity contribution in [2.24, 2.45) is 10.4 Å². The van der Waals surface area contributed by atoms with Crippen molar-refractivity contribution in [3.05, 3.63) is 12.0 Å². The van der Waals surface area contributed by atoms with Gasteiger partial charge in [-0.3, -0.25) is 4.99 Å². The van der Waals surface area contributed by atoms with Crippen molar-refractivity contribution in [3.63, 3.8) is 0 Å². The average Bonchev–Trinajstić information content (AvgIpc) is 1.80. The molecular weight excluding hydrogens is 241 g/mol. The first-order valence-electron chi connectivity index (χ1n) is 3.00. The monoisotopic (exact) mass is 253 g/mol. The minimum absolute atomic E-state index is 0.0730. The van der Waals surface area contributed by atoms with Gasteiger partial charge in [-0.15, -0.1) is 0 Å². The Balaban J connectivity index is 4.39. The zero-order chi connectivity index (χ0) is 8.20. The molecule has 0 aliphatic heterocycles. The van der Waals surface area contributed by atoms with Gasteiger partial charge in [-0.25, -0.2) is 0 Å². The van der Waals surface area contributed by atoms with Crippen LogP contribution in [-0.4, -0.2) is 9.33 Å². The number of allylic oxidation sites excluding steroid dienone is 1. The lowest BCUT2D eigenvalue weighted by Gasteiger charge is -2.16. The second kappa shape index (κ2) is 3.95. The molecule has 0 radical (unpaired) electrons. The highest BCUT2D eigenvalue weighted by Crippen LogP contribution is 2.25. The maximum absolute atomic E-state index is 8.71. The first-order chi connectivity index (χ1) is 4.52. The van der Waals surface area contributed by atoms with Crippen LogP contribution in [0.25, 0.3) is 0 Å². The van der Waals surface area contributed by atoms with Gasteiger partial charge >= 0.3 is 0 Å². The number of rotatable bonds is 1. The molecule has 1 N–H and O–H groups in total. The summed E-state index contributed by atoms with van der Waals surface area (Å²) in [4.78, 5) is 3.99. The van der Waals surface area contributed by atoms with Gasteiger partial charge in [-0.2, -0.15) is 0 Å². The standard InChI is InChI=1S/C7H12INO/c1-7(2,3)6(4-10)9-5-8/h4-5,10H,1-3H3/b6-4-,9-5-. The molecule has 0 aromatic heterocycles. The minimum atomic E-state index is -0.0730. The molecule has 0 amide bonds. The van der Waals surface area contributed by atoms with E-state index in [4.69, 9.17) is 5.11 Å². The van der Waals surface area contributed by atoms with Crippen LogP contribution >= 0.6 is 22.6 Å². The molecule has 0 aromatic rings. The van der Waals surface area contributed by atoms with E-state index < -0.39 is 0 Å². The van der Waals surface area contributed by atoms with Gasteiger partial charge in [0.25, 0.3) is 0 Å². The third-order valence-electron chi connectivity index (χ3n) is 1.08. The van der Waals surface area contributed by atoms with E-state index in [1.165, 1.54) is 0 Å². The fraction of sp³-hybridized carbons (Fsp3) is 0.571. The zero-order valence-electron chi connectivity index (χ0n) is 6.43. The van der Waals surface area contributed by atoms with Crippen molar-refractivity contribution in [2.45, 2.75) is 20.8 Å². The second-order valence-corrected chi connectivity index (χ2v) is 3.55. The zero-order valence-corrected chi connectivity index (χ0v) is 8.58. The summed E-state index contributed by atoms with van der Waals surface area (Å²) in [5, 5.41) is 8.71. The van der Waals surface area contributed by atoms with Gasteiger partial charge in [0.1, 0.15) is 6.26 Å². The van der Waals surface area contributed by atoms with E-state index in [1.807, 2.05) is 43.4 Å². The Hall–Kier alpha value is -0.0600. The molecule has 0 aliphatic carbocycles. The summed E-state index contributed by atoms with van der Waals surface area (Å²) in [7, 11) is 0. The summed E-state index contributed by atoms with van der Waals surface area (Å²) in [6.07, 6.45) is 1.05. The Kier molecular flexibility index (Phi) is 3.93. The topological polar surface area (TPSA) is 32.6 Å². The third-order valence-corrected chi connectivity index (χ3v) is 1.36. The molecule has 0 bridgehead atoms. The van der Waals surface area contributed by atoms with Crippen molar-refractivity contribution in [1.29, 1.82) is 0 Å². The van der Waals surface area contributed by atoms with E-state index in [9.17, 15) is 0 Å². The normalized spacial score (nSPS) is 14.6. The van der Waals surface area contributed by atoms with Crippen LogP contribution < -0.4 is 0 Å². The average molecular weight is 253 g/mol. The lowest BCUT2D eigenvalue weighted by atomic mass is 9.93. The van der Waals surface area contributed by atoms with Gasteiger partial charge in [0.15, 0.2) is 0 Å². The maximum Gasteiger partial charge on any atom is 0.101 e. The molecule has 10 heavy (non-hydrogen) atoms. The Morgan fingerprint density at radius 2 is 2.00 bits per heavy atom. The molecule has 0 unspecified atom stereocenters. The highest BCUT2D eigenvalue weighted by Gasteiger charge is 2.15. The molecule has 0 saturated heterocycles. The van der Waals surface area contributed by atoms with E-state index in [0.717, 1.165) is 6.26 Å². The second-order valence-electron chi connectivity index (χ2n) is 2.99. The summed E-state index contributed by atoms with van der Waals surface area (Å²) in [5.74, 6) is 0. The molecule has 0 saturated carbocycles. The molecule has 0 aliphatic rings. The van der Waals surface area contributed by atoms with Gasteiger partial charge in [0.05, 0.1) is 9.92 Å². The fourth-order valence-corrected chi connectivity index (χ4v) is 0.773. The van der Waals surface area contributed by atoms with Crippen molar-refractivity contribution in [1.82, 2.24) is 0 Å². The van der Waals surface area contributed by atoms with Crippen LogP contribution in [0.15, 0.2) is 17.0 Å². The van der Waals surface area contributed by atoms with Crippen LogP contribution in [0.5, 0.6) is 0 Å². The Bertz CT molecular complexity index is 155. The molecule has 3 heteroatoms. The van der Waals surface area contributed by atoms with Gasteiger partial charge in [-0.1, -0.05) is 20.8 Å². The van der Waals surface area contributed by atoms with Gasteiger partial charge in [-0.05, 0) is 22.6 Å². The van der Waals surface area contributed by atoms with Gasteiger partial charge < -0.3 is 5.11 Å². The summed E-state index contributed by atoms with van der Waals surface area (Å²) < 4.78 is 1.64. The lowest BCUT2D eigenvalue weighted by Crippen LogP contribution is -2.07. The quantitative estimate of drug-likeness (QED) is 0.435. The Labute approximate surface area is 75.2 Å². The number of halogens is 1. The predicted octanol–water partition coefficient (Wildman–Crippen LogP) is 2.90. The van der Waals surface area contributed by atoms with E-state index in [-0.39, 0.29) is 5.41 Å². The summed E-state index contributed by atoms with van der Waals surface area (Å²) in [6, 6.07) is 0. The summed E-state index contributed by atoms with van der Waals surface area (Å²) >= 11 is 2.02. The van der Waals surface area contributed by atoms with E-state index in [2.05, 4.69) is 4.99 Å². The first kappa shape index (κ1) is 9.94. The SMILES string of the molecule is CC(C)(C)C(=C/O)/N=C\I. The van der Waals surface area contributed by atoms with E-state index in [1.54, 1.807) is 4.22 Å². The highest BCUT2D eigenvalue weighted by molar-refractivity contribution is 14.1. The number of hydrogen-bond donors (Lipinski definition) is 1. The molecule has 2 nitrogen and oxygen atoms in total. The minimum Gasteiger partial charge on any atom is -0.514 e. The number of hydrogen-bond acceptors (Lipinski definition) is 2. The van der Waals surface area contributed by atoms with Crippen molar-refractivity contribution in [3.8, 4) is 0 Å². The largest absolute Gasteiger partial charge is 0.514 e. The summed E-state index contributed by atoms with van der Waals surface area (Å²) in [6.45, 7) is 6.00. The number of nitrogens with zero attached hydrogens (tertiary/aromatic N) is 1. The third kappa shape index (κ3) is 3.20. The fourth-order valence-electron chi connectivity index (χ4n) is 0.473. The molecule has 58 valence electrons. The molecule has 0 rings (SSSR count). The number of aliphatic hydroxyl groups excluding tert-OH is 1. The van der Waals surface area contributed by atoms with Crippen LogP contribution in [0.3, 0.4) is 0 Å². The van der Waals surface area contributed by atoms with Crippen LogP contribution in [0.2, 0.25) is 0 Å².